The van der Waals surface area contributed by atoms with Gasteiger partial charge < -0.3 is 4.90 Å². The Morgan fingerprint density at radius 3 is 2.28 bits per heavy atom. The number of fused-ring (bicyclic) bond motifs is 1. The smallest absolute Gasteiger partial charge is 0.218 e. The number of hydrogen-bond donors (Lipinski definition) is 0. The van der Waals surface area contributed by atoms with Crippen molar-refractivity contribution in [2.24, 2.45) is 0 Å². The average molecular weight is 415 g/mol. The monoisotopic (exact) mass is 414 g/mol. The molecule has 0 aliphatic carbocycles. The summed E-state index contributed by atoms with van der Waals surface area (Å²) in [6.07, 6.45) is 0. The van der Waals surface area contributed by atoms with E-state index in [1.807, 2.05) is 42.5 Å². The average Bonchev–Trinajstić information content (AvgIpc) is 3.12. The highest BCUT2D eigenvalue weighted by Crippen LogP contribution is 2.22. The summed E-state index contributed by atoms with van der Waals surface area (Å²) in [5.41, 5.74) is 1.35. The minimum absolute atomic E-state index is 0.0354. The molecule has 3 heterocycles. The number of sulfonamides is 1. The zero-order chi connectivity index (χ0) is 20.6. The summed E-state index contributed by atoms with van der Waals surface area (Å²) in [7, 11) is -3.33. The summed E-state index contributed by atoms with van der Waals surface area (Å²) in [5, 5.41) is 13.2. The highest BCUT2D eigenvalue weighted by Gasteiger charge is 2.28. The van der Waals surface area contributed by atoms with E-state index in [1.165, 1.54) is 0 Å². The fraction of sp³-hybridized carbons (Fsp3) is 0.450. The van der Waals surface area contributed by atoms with Gasteiger partial charge in [-0.1, -0.05) is 51.1 Å². The third-order valence-corrected chi connectivity index (χ3v) is 6.92. The molecule has 0 bridgehead atoms. The molecule has 0 atom stereocenters. The third kappa shape index (κ3) is 4.11. The first-order valence-corrected chi connectivity index (χ1v) is 11.3. The number of benzene rings is 1. The van der Waals surface area contributed by atoms with Crippen LogP contribution in [0.5, 0.6) is 0 Å². The predicted octanol–water partition coefficient (Wildman–Crippen LogP) is 2.07. The van der Waals surface area contributed by atoms with Crippen molar-refractivity contribution >= 4 is 21.5 Å². The Hall–Kier alpha value is -2.52. The first-order chi connectivity index (χ1) is 13.7. The van der Waals surface area contributed by atoms with Crippen LogP contribution in [0.2, 0.25) is 0 Å². The summed E-state index contributed by atoms with van der Waals surface area (Å²) in [5.74, 6) is 1.65. The van der Waals surface area contributed by atoms with E-state index in [0.29, 0.717) is 31.8 Å². The van der Waals surface area contributed by atoms with E-state index < -0.39 is 10.0 Å². The Morgan fingerprint density at radius 2 is 1.62 bits per heavy atom. The topological polar surface area (TPSA) is 83.7 Å². The van der Waals surface area contributed by atoms with Crippen LogP contribution in [0.4, 0.5) is 5.82 Å². The van der Waals surface area contributed by atoms with Crippen molar-refractivity contribution in [1.29, 1.82) is 0 Å². The second-order valence-corrected chi connectivity index (χ2v) is 10.3. The van der Waals surface area contributed by atoms with Gasteiger partial charge in [-0.25, -0.2) is 8.42 Å². The molecule has 3 aromatic rings. The van der Waals surface area contributed by atoms with Gasteiger partial charge in [0.1, 0.15) is 5.82 Å². The molecule has 1 fully saturated rings. The van der Waals surface area contributed by atoms with E-state index in [1.54, 1.807) is 8.82 Å². The van der Waals surface area contributed by atoms with Crippen LogP contribution >= 0.6 is 0 Å². The lowest BCUT2D eigenvalue weighted by Gasteiger charge is -2.34. The molecule has 0 radical (unpaired) electrons. The lowest BCUT2D eigenvalue weighted by molar-refractivity contribution is 0.382. The van der Waals surface area contributed by atoms with Crippen molar-refractivity contribution in [1.82, 2.24) is 24.1 Å². The molecular weight excluding hydrogens is 388 g/mol. The molecule has 1 aliphatic heterocycles. The Balaban J connectivity index is 1.48. The van der Waals surface area contributed by atoms with Crippen molar-refractivity contribution in [3.63, 3.8) is 0 Å². The number of nitrogens with zero attached hydrogens (tertiary/aromatic N) is 6. The first-order valence-electron chi connectivity index (χ1n) is 9.74. The molecule has 4 rings (SSSR count). The molecule has 9 heteroatoms. The van der Waals surface area contributed by atoms with Crippen LogP contribution in [0.3, 0.4) is 0 Å². The summed E-state index contributed by atoms with van der Waals surface area (Å²) in [4.78, 5) is 2.11. The molecule has 154 valence electrons. The van der Waals surface area contributed by atoms with E-state index in [2.05, 4.69) is 35.9 Å². The van der Waals surface area contributed by atoms with Crippen LogP contribution in [0.1, 0.15) is 32.2 Å². The van der Waals surface area contributed by atoms with Crippen LogP contribution in [0.15, 0.2) is 42.5 Å². The predicted molar refractivity (Wildman–Crippen MR) is 112 cm³/mol. The van der Waals surface area contributed by atoms with Gasteiger partial charge in [0.15, 0.2) is 11.5 Å². The molecule has 1 aromatic carbocycles. The molecular formula is C20H26N6O2S. The third-order valence-electron chi connectivity index (χ3n) is 5.07. The number of hydrogen-bond acceptors (Lipinski definition) is 6. The fourth-order valence-electron chi connectivity index (χ4n) is 3.49. The summed E-state index contributed by atoms with van der Waals surface area (Å²) in [6, 6.07) is 13.1. The maximum Gasteiger partial charge on any atom is 0.218 e. The van der Waals surface area contributed by atoms with Crippen LogP contribution in [-0.2, 0) is 21.2 Å². The minimum atomic E-state index is -3.33. The van der Waals surface area contributed by atoms with E-state index in [0.717, 1.165) is 17.2 Å². The van der Waals surface area contributed by atoms with Crippen LogP contribution in [0.25, 0.3) is 5.65 Å². The molecule has 0 spiro atoms. The van der Waals surface area contributed by atoms with Gasteiger partial charge in [-0.15, -0.1) is 15.3 Å². The van der Waals surface area contributed by atoms with Gasteiger partial charge in [0.25, 0.3) is 0 Å². The highest BCUT2D eigenvalue weighted by atomic mass is 32.2. The van der Waals surface area contributed by atoms with Gasteiger partial charge in [0.05, 0.1) is 5.75 Å². The van der Waals surface area contributed by atoms with Gasteiger partial charge in [-0.3, -0.25) is 0 Å². The second kappa shape index (κ2) is 7.38. The van der Waals surface area contributed by atoms with Crippen molar-refractivity contribution in [3.8, 4) is 0 Å². The molecule has 0 N–H and O–H groups in total. The number of rotatable bonds is 4. The number of anilines is 1. The van der Waals surface area contributed by atoms with Gasteiger partial charge in [-0.2, -0.15) is 8.82 Å². The van der Waals surface area contributed by atoms with E-state index in [9.17, 15) is 8.42 Å². The van der Waals surface area contributed by atoms with E-state index >= 15 is 0 Å². The maximum atomic E-state index is 12.8. The largest absolute Gasteiger partial charge is 0.353 e. The normalized spacial score (nSPS) is 16.4. The van der Waals surface area contributed by atoms with Crippen molar-refractivity contribution in [3.05, 3.63) is 53.9 Å². The number of piperazine rings is 1. The second-order valence-electron chi connectivity index (χ2n) is 8.36. The first kappa shape index (κ1) is 19.8. The standard InChI is InChI=1S/C20H26N6O2S/c1-20(2,3)19-22-21-17-9-10-18(23-26(17)19)24-11-13-25(14-12-24)29(27,28)15-16-7-5-4-6-8-16/h4-10H,11-15H2,1-3H3. The van der Waals surface area contributed by atoms with Crippen molar-refractivity contribution < 1.29 is 8.42 Å². The highest BCUT2D eigenvalue weighted by molar-refractivity contribution is 7.88. The molecule has 0 unspecified atom stereocenters. The zero-order valence-electron chi connectivity index (χ0n) is 17.0. The van der Waals surface area contributed by atoms with Gasteiger partial charge in [-0.05, 0) is 17.7 Å². The molecule has 8 nitrogen and oxygen atoms in total. The SMILES string of the molecule is CC(C)(C)c1nnc2ccc(N3CCN(S(=O)(=O)Cc4ccccc4)CC3)nn12. The molecule has 29 heavy (non-hydrogen) atoms. The van der Waals surface area contributed by atoms with E-state index in [-0.39, 0.29) is 11.2 Å². The Bertz CT molecular complexity index is 1100. The van der Waals surface area contributed by atoms with Gasteiger partial charge in [0.2, 0.25) is 10.0 Å². The summed E-state index contributed by atoms with van der Waals surface area (Å²) in [6.45, 7) is 8.32. The van der Waals surface area contributed by atoms with Crippen LogP contribution < -0.4 is 4.90 Å². The molecule has 0 saturated carbocycles. The lowest BCUT2D eigenvalue weighted by Crippen LogP contribution is -2.49. The van der Waals surface area contributed by atoms with Gasteiger partial charge in [0, 0.05) is 31.6 Å². The quantitative estimate of drug-likeness (QED) is 0.650. The fourth-order valence-corrected chi connectivity index (χ4v) is 5.00. The Kier molecular flexibility index (Phi) is 5.04. The Labute approximate surface area is 171 Å². The Morgan fingerprint density at radius 1 is 0.931 bits per heavy atom. The van der Waals surface area contributed by atoms with Crippen LogP contribution in [0, 0.1) is 0 Å². The lowest BCUT2D eigenvalue weighted by atomic mass is 9.96. The zero-order valence-corrected chi connectivity index (χ0v) is 17.8. The maximum absolute atomic E-state index is 12.8. The van der Waals surface area contributed by atoms with Crippen LogP contribution in [-0.4, -0.2) is 58.7 Å². The van der Waals surface area contributed by atoms with Crippen molar-refractivity contribution in [2.45, 2.75) is 31.9 Å². The minimum Gasteiger partial charge on any atom is -0.353 e. The van der Waals surface area contributed by atoms with E-state index in [4.69, 9.17) is 5.10 Å². The van der Waals surface area contributed by atoms with Crippen molar-refractivity contribution in [2.75, 3.05) is 31.1 Å². The molecule has 1 aliphatic rings. The summed E-state index contributed by atoms with van der Waals surface area (Å²) < 4.78 is 28.9. The molecule has 2 aromatic heterocycles. The number of aromatic nitrogens is 4. The summed E-state index contributed by atoms with van der Waals surface area (Å²) >= 11 is 0. The molecule has 1 saturated heterocycles. The van der Waals surface area contributed by atoms with Gasteiger partial charge >= 0.3 is 0 Å². The molecule has 0 amide bonds.